The number of aliphatic hydroxyl groups is 1. The van der Waals surface area contributed by atoms with Crippen LogP contribution in [0.15, 0.2) is 0 Å². The summed E-state index contributed by atoms with van der Waals surface area (Å²) < 4.78 is 10.0. The molecule has 0 aromatic carbocycles. The average molecular weight is 244 g/mol. The van der Waals surface area contributed by atoms with Crippen LogP contribution in [-0.2, 0) is 14.3 Å². The molecule has 0 aliphatic carbocycles. The number of carbonyl (C=O) groups is 1. The molecule has 0 bridgehead atoms. The second-order valence-electron chi connectivity index (χ2n) is 5.85. The highest BCUT2D eigenvalue weighted by Crippen LogP contribution is 2.31. The molecule has 1 aliphatic rings. The van der Waals surface area contributed by atoms with Crippen LogP contribution in [0, 0.1) is 5.41 Å². The van der Waals surface area contributed by atoms with Crippen molar-refractivity contribution in [3.05, 3.63) is 0 Å². The molecule has 4 nitrogen and oxygen atoms in total. The number of carbonyl (C=O) groups excluding carboxylic acids is 1. The van der Waals surface area contributed by atoms with Crippen molar-refractivity contribution < 1.29 is 19.4 Å². The third-order valence-electron chi connectivity index (χ3n) is 2.83. The molecule has 1 saturated heterocycles. The van der Waals surface area contributed by atoms with Gasteiger partial charge in [0.1, 0.15) is 0 Å². The van der Waals surface area contributed by atoms with E-state index in [9.17, 15) is 9.90 Å². The zero-order chi connectivity index (χ0) is 13.1. The molecular weight excluding hydrogens is 220 g/mol. The molecule has 3 atom stereocenters. The van der Waals surface area contributed by atoms with Gasteiger partial charge in [0.05, 0.1) is 6.10 Å². The van der Waals surface area contributed by atoms with Crippen LogP contribution in [0.25, 0.3) is 0 Å². The van der Waals surface area contributed by atoms with E-state index in [0.717, 1.165) is 19.3 Å². The molecule has 1 N–H and O–H groups in total. The number of esters is 1. The van der Waals surface area contributed by atoms with Gasteiger partial charge in [-0.05, 0) is 18.3 Å². The highest BCUT2D eigenvalue weighted by atomic mass is 16.7. The fourth-order valence-electron chi connectivity index (χ4n) is 1.69. The van der Waals surface area contributed by atoms with Crippen LogP contribution in [0.1, 0.15) is 53.4 Å². The average Bonchev–Trinajstić information content (AvgIpc) is 2.95. The number of rotatable bonds is 6. The van der Waals surface area contributed by atoms with E-state index in [2.05, 4.69) is 20.8 Å². The molecule has 0 amide bonds. The molecule has 0 aromatic heterocycles. The number of hydrogen-bond acceptors (Lipinski definition) is 4. The molecule has 0 radical (unpaired) electrons. The summed E-state index contributed by atoms with van der Waals surface area (Å²) in [4.78, 5) is 11.4. The van der Waals surface area contributed by atoms with Crippen LogP contribution in [0.3, 0.4) is 0 Å². The number of epoxide rings is 1. The van der Waals surface area contributed by atoms with E-state index in [-0.39, 0.29) is 6.10 Å². The van der Waals surface area contributed by atoms with Crippen LogP contribution < -0.4 is 0 Å². The predicted octanol–water partition coefficient (Wildman–Crippen LogP) is 2.24. The third kappa shape index (κ3) is 5.50. The highest BCUT2D eigenvalue weighted by molar-refractivity contribution is 5.78. The first-order valence-corrected chi connectivity index (χ1v) is 6.37. The monoisotopic (exact) mass is 244 g/mol. The Kier molecular flexibility index (Phi) is 4.95. The Balaban J connectivity index is 2.14. The topological polar surface area (TPSA) is 59.1 Å². The van der Waals surface area contributed by atoms with Crippen molar-refractivity contribution in [2.75, 3.05) is 0 Å². The summed E-state index contributed by atoms with van der Waals surface area (Å²) in [7, 11) is 0. The van der Waals surface area contributed by atoms with Gasteiger partial charge in [-0.2, -0.15) is 0 Å². The zero-order valence-electron chi connectivity index (χ0n) is 11.2. The number of aliphatic hydroxyl groups excluding tert-OH is 1. The normalized spacial score (nSPS) is 25.5. The Hall–Kier alpha value is -0.610. The van der Waals surface area contributed by atoms with E-state index in [0.29, 0.717) is 11.8 Å². The smallest absolute Gasteiger partial charge is 0.340 e. The Morgan fingerprint density at radius 1 is 1.47 bits per heavy atom. The highest BCUT2D eigenvalue weighted by Gasteiger charge is 2.46. The summed E-state index contributed by atoms with van der Waals surface area (Å²) in [5.74, 6) is -0.430. The second-order valence-corrected chi connectivity index (χ2v) is 5.85. The minimum absolute atomic E-state index is 0.00564. The van der Waals surface area contributed by atoms with Crippen molar-refractivity contribution in [3.63, 3.8) is 0 Å². The summed E-state index contributed by atoms with van der Waals surface area (Å²) >= 11 is 0. The van der Waals surface area contributed by atoms with Gasteiger partial charge < -0.3 is 14.6 Å². The molecule has 1 heterocycles. The number of ether oxygens (including phenoxy) is 2. The fraction of sp³-hybridized carbons (Fsp3) is 0.923. The van der Waals surface area contributed by atoms with Gasteiger partial charge in [0.25, 0.3) is 0 Å². The summed E-state index contributed by atoms with van der Waals surface area (Å²) in [6, 6.07) is 0. The van der Waals surface area contributed by atoms with Gasteiger partial charge in [-0.15, -0.1) is 0 Å². The minimum Gasteiger partial charge on any atom is -0.434 e. The molecule has 100 valence electrons. The summed E-state index contributed by atoms with van der Waals surface area (Å²) in [5.41, 5.74) is 0.323. The van der Waals surface area contributed by atoms with Crippen LogP contribution >= 0.6 is 0 Å². The standard InChI is InChI=1S/C13H24O4/c1-5-10(14)17-12(15)11-9(16-11)7-6-8-13(2,3)4/h9-11,14H,5-8H2,1-4H3. The molecule has 0 saturated carbocycles. The van der Waals surface area contributed by atoms with E-state index in [4.69, 9.17) is 9.47 Å². The summed E-state index contributed by atoms with van der Waals surface area (Å²) in [6.45, 7) is 8.35. The van der Waals surface area contributed by atoms with Crippen molar-refractivity contribution in [1.82, 2.24) is 0 Å². The zero-order valence-corrected chi connectivity index (χ0v) is 11.2. The second kappa shape index (κ2) is 5.83. The van der Waals surface area contributed by atoms with E-state index < -0.39 is 18.4 Å². The van der Waals surface area contributed by atoms with Crippen LogP contribution in [0.2, 0.25) is 0 Å². The van der Waals surface area contributed by atoms with Crippen molar-refractivity contribution in [1.29, 1.82) is 0 Å². The Morgan fingerprint density at radius 3 is 2.65 bits per heavy atom. The first kappa shape index (κ1) is 14.5. The molecule has 3 unspecified atom stereocenters. The van der Waals surface area contributed by atoms with Crippen LogP contribution in [0.4, 0.5) is 0 Å². The van der Waals surface area contributed by atoms with E-state index >= 15 is 0 Å². The Morgan fingerprint density at radius 2 is 2.12 bits per heavy atom. The Labute approximate surface area is 103 Å². The van der Waals surface area contributed by atoms with Crippen molar-refractivity contribution in [2.45, 2.75) is 71.9 Å². The number of hydrogen-bond donors (Lipinski definition) is 1. The Bertz CT molecular complexity index is 257. The van der Waals surface area contributed by atoms with Gasteiger partial charge >= 0.3 is 5.97 Å². The maximum absolute atomic E-state index is 11.4. The van der Waals surface area contributed by atoms with Crippen LogP contribution in [0.5, 0.6) is 0 Å². The van der Waals surface area contributed by atoms with Gasteiger partial charge in [-0.1, -0.05) is 34.1 Å². The van der Waals surface area contributed by atoms with E-state index in [1.54, 1.807) is 6.92 Å². The molecule has 1 rings (SSSR count). The van der Waals surface area contributed by atoms with Crippen molar-refractivity contribution in [2.24, 2.45) is 5.41 Å². The van der Waals surface area contributed by atoms with E-state index in [1.165, 1.54) is 0 Å². The van der Waals surface area contributed by atoms with Gasteiger partial charge in [0.15, 0.2) is 12.4 Å². The van der Waals surface area contributed by atoms with Crippen LogP contribution in [-0.4, -0.2) is 29.6 Å². The molecular formula is C13H24O4. The lowest BCUT2D eigenvalue weighted by atomic mass is 9.89. The molecule has 4 heteroatoms. The molecule has 17 heavy (non-hydrogen) atoms. The SMILES string of the molecule is CCC(O)OC(=O)C1OC1CCCC(C)(C)C. The fourth-order valence-corrected chi connectivity index (χ4v) is 1.69. The lowest BCUT2D eigenvalue weighted by Crippen LogP contribution is -2.21. The lowest BCUT2D eigenvalue weighted by Gasteiger charge is -2.16. The van der Waals surface area contributed by atoms with E-state index in [1.807, 2.05) is 0 Å². The third-order valence-corrected chi connectivity index (χ3v) is 2.83. The van der Waals surface area contributed by atoms with Gasteiger partial charge in [-0.25, -0.2) is 4.79 Å². The van der Waals surface area contributed by atoms with Gasteiger partial charge in [0.2, 0.25) is 0 Å². The summed E-state index contributed by atoms with van der Waals surface area (Å²) in [6.07, 6.45) is 2.01. The molecule has 0 spiro atoms. The largest absolute Gasteiger partial charge is 0.434 e. The minimum atomic E-state index is -0.998. The van der Waals surface area contributed by atoms with Gasteiger partial charge in [-0.3, -0.25) is 0 Å². The quantitative estimate of drug-likeness (QED) is 0.442. The summed E-state index contributed by atoms with van der Waals surface area (Å²) in [5, 5.41) is 9.18. The lowest BCUT2D eigenvalue weighted by molar-refractivity contribution is -0.169. The van der Waals surface area contributed by atoms with Gasteiger partial charge in [0, 0.05) is 6.42 Å². The molecule has 1 fully saturated rings. The van der Waals surface area contributed by atoms with Crippen molar-refractivity contribution >= 4 is 5.97 Å². The first-order valence-electron chi connectivity index (χ1n) is 6.37. The maximum atomic E-state index is 11.4. The molecule has 1 aliphatic heterocycles. The first-order chi connectivity index (χ1) is 7.83. The maximum Gasteiger partial charge on any atom is 0.340 e. The van der Waals surface area contributed by atoms with Crippen molar-refractivity contribution in [3.8, 4) is 0 Å². The molecule has 0 aromatic rings. The predicted molar refractivity (Wildman–Crippen MR) is 64.4 cm³/mol.